The van der Waals surface area contributed by atoms with Crippen LogP contribution in [0.2, 0.25) is 0 Å². The molecule has 2 rings (SSSR count). The highest BCUT2D eigenvalue weighted by atomic mass is 32.2. The van der Waals surface area contributed by atoms with Crippen LogP contribution in [-0.2, 0) is 5.75 Å². The summed E-state index contributed by atoms with van der Waals surface area (Å²) < 4.78 is 1.84. The summed E-state index contributed by atoms with van der Waals surface area (Å²) in [6, 6.07) is 3.80. The lowest BCUT2D eigenvalue weighted by molar-refractivity contribution is 0.0693. The van der Waals surface area contributed by atoms with Crippen molar-refractivity contribution in [1.82, 2.24) is 9.38 Å². The van der Waals surface area contributed by atoms with Crippen molar-refractivity contribution < 1.29 is 9.90 Å². The van der Waals surface area contributed by atoms with Gasteiger partial charge in [-0.05, 0) is 30.9 Å². The van der Waals surface area contributed by atoms with E-state index in [1.807, 2.05) is 35.9 Å². The highest BCUT2D eigenvalue weighted by Gasteiger charge is 2.15. The molecule has 0 aliphatic heterocycles. The lowest BCUT2D eigenvalue weighted by Gasteiger charge is -1.99. The average molecular weight is 236 g/mol. The number of aryl methyl sites for hydroxylation is 1. The van der Waals surface area contributed by atoms with Crippen LogP contribution in [0.3, 0.4) is 0 Å². The minimum atomic E-state index is -0.976. The fraction of sp³-hybridized carbons (Fsp3) is 0.273. The van der Waals surface area contributed by atoms with Crippen LogP contribution in [0, 0.1) is 6.92 Å². The summed E-state index contributed by atoms with van der Waals surface area (Å²) in [6.45, 7) is 1.94. The van der Waals surface area contributed by atoms with E-state index in [1.165, 1.54) is 0 Å². The molecule has 16 heavy (non-hydrogen) atoms. The number of nitrogens with zero attached hydrogens (tertiary/aromatic N) is 2. The molecule has 0 atom stereocenters. The molecule has 1 N–H and O–H groups in total. The van der Waals surface area contributed by atoms with Crippen LogP contribution < -0.4 is 0 Å². The number of fused-ring (bicyclic) bond motifs is 1. The Morgan fingerprint density at radius 1 is 1.62 bits per heavy atom. The SMILES string of the molecule is CSCc1nc(C(=O)O)c2cc(C)ccn12. The van der Waals surface area contributed by atoms with E-state index in [9.17, 15) is 4.79 Å². The molecule has 0 fully saturated rings. The molecule has 2 aromatic heterocycles. The van der Waals surface area contributed by atoms with E-state index in [4.69, 9.17) is 5.11 Å². The Bertz CT molecular complexity index is 548. The number of aromatic carboxylic acids is 1. The fourth-order valence-corrected chi connectivity index (χ4v) is 2.10. The Labute approximate surface area is 97.3 Å². The predicted octanol–water partition coefficient (Wildman–Crippen LogP) is 2.20. The standard InChI is InChI=1S/C11H12N2O2S/c1-7-3-4-13-8(5-7)10(11(14)15)12-9(13)6-16-2/h3-5H,6H2,1-2H3,(H,14,15). The molecule has 0 amide bonds. The number of carboxylic acid groups (broad SMARTS) is 1. The summed E-state index contributed by atoms with van der Waals surface area (Å²) >= 11 is 1.62. The summed E-state index contributed by atoms with van der Waals surface area (Å²) in [5.74, 6) is 0.507. The van der Waals surface area contributed by atoms with Crippen molar-refractivity contribution in [3.63, 3.8) is 0 Å². The molecule has 0 aliphatic carbocycles. The van der Waals surface area contributed by atoms with Gasteiger partial charge in [0.1, 0.15) is 5.82 Å². The minimum absolute atomic E-state index is 0.132. The van der Waals surface area contributed by atoms with E-state index in [-0.39, 0.29) is 5.69 Å². The van der Waals surface area contributed by atoms with Crippen molar-refractivity contribution in [3.8, 4) is 0 Å². The summed E-state index contributed by atoms with van der Waals surface area (Å²) in [6.07, 6.45) is 3.84. The van der Waals surface area contributed by atoms with Crippen LogP contribution in [0.5, 0.6) is 0 Å². The smallest absolute Gasteiger partial charge is 0.356 e. The van der Waals surface area contributed by atoms with Gasteiger partial charge in [0.05, 0.1) is 11.3 Å². The van der Waals surface area contributed by atoms with Crippen molar-refractivity contribution in [3.05, 3.63) is 35.4 Å². The van der Waals surface area contributed by atoms with Crippen LogP contribution >= 0.6 is 11.8 Å². The molecule has 2 heterocycles. The molecular weight excluding hydrogens is 224 g/mol. The number of aromatic nitrogens is 2. The van der Waals surface area contributed by atoms with Crippen molar-refractivity contribution in [1.29, 1.82) is 0 Å². The Hall–Kier alpha value is -1.49. The van der Waals surface area contributed by atoms with Gasteiger partial charge < -0.3 is 9.51 Å². The summed E-state index contributed by atoms with van der Waals surface area (Å²) in [4.78, 5) is 15.2. The highest BCUT2D eigenvalue weighted by Crippen LogP contribution is 2.17. The molecule has 0 bridgehead atoms. The van der Waals surface area contributed by atoms with E-state index in [0.717, 1.165) is 11.4 Å². The second-order valence-electron chi connectivity index (χ2n) is 3.57. The van der Waals surface area contributed by atoms with Gasteiger partial charge in [-0.25, -0.2) is 9.78 Å². The van der Waals surface area contributed by atoms with E-state index < -0.39 is 5.97 Å². The van der Waals surface area contributed by atoms with E-state index in [1.54, 1.807) is 11.8 Å². The summed E-state index contributed by atoms with van der Waals surface area (Å²) in [7, 11) is 0. The lowest BCUT2D eigenvalue weighted by atomic mass is 10.2. The minimum Gasteiger partial charge on any atom is -0.476 e. The molecular formula is C11H12N2O2S. The molecule has 0 radical (unpaired) electrons. The van der Waals surface area contributed by atoms with Gasteiger partial charge in [-0.15, -0.1) is 0 Å². The van der Waals surface area contributed by atoms with Gasteiger partial charge in [-0.2, -0.15) is 11.8 Å². The second kappa shape index (κ2) is 4.17. The normalized spacial score (nSPS) is 10.9. The zero-order chi connectivity index (χ0) is 11.7. The number of hydrogen-bond acceptors (Lipinski definition) is 3. The maximum absolute atomic E-state index is 11.1. The molecule has 0 unspecified atom stereocenters. The first-order valence-corrected chi connectivity index (χ1v) is 6.22. The monoisotopic (exact) mass is 236 g/mol. The molecule has 2 aromatic rings. The molecule has 0 saturated heterocycles. The third-order valence-electron chi connectivity index (χ3n) is 2.35. The summed E-state index contributed by atoms with van der Waals surface area (Å²) in [5, 5.41) is 9.07. The highest BCUT2D eigenvalue weighted by molar-refractivity contribution is 7.97. The van der Waals surface area contributed by atoms with Crippen LogP contribution in [0.15, 0.2) is 18.3 Å². The van der Waals surface area contributed by atoms with Crippen molar-refractivity contribution in [2.45, 2.75) is 12.7 Å². The van der Waals surface area contributed by atoms with Gasteiger partial charge in [0.15, 0.2) is 5.69 Å². The molecule has 84 valence electrons. The largest absolute Gasteiger partial charge is 0.476 e. The molecule has 0 saturated carbocycles. The fourth-order valence-electron chi connectivity index (χ4n) is 1.64. The molecule has 4 nitrogen and oxygen atoms in total. The van der Waals surface area contributed by atoms with Crippen molar-refractivity contribution in [2.75, 3.05) is 6.26 Å². The Balaban J connectivity index is 2.71. The number of carboxylic acids is 1. The topological polar surface area (TPSA) is 54.6 Å². The Morgan fingerprint density at radius 2 is 2.38 bits per heavy atom. The third-order valence-corrected chi connectivity index (χ3v) is 2.89. The molecule has 0 aromatic carbocycles. The quantitative estimate of drug-likeness (QED) is 0.887. The van der Waals surface area contributed by atoms with Crippen LogP contribution in [-0.4, -0.2) is 26.7 Å². The Kier molecular flexibility index (Phi) is 2.87. The van der Waals surface area contributed by atoms with Crippen LogP contribution in [0.1, 0.15) is 21.9 Å². The number of carbonyl (C=O) groups is 1. The van der Waals surface area contributed by atoms with Crippen LogP contribution in [0.4, 0.5) is 0 Å². The zero-order valence-electron chi connectivity index (χ0n) is 9.10. The predicted molar refractivity (Wildman–Crippen MR) is 64.1 cm³/mol. The van der Waals surface area contributed by atoms with E-state index >= 15 is 0 Å². The third kappa shape index (κ3) is 1.78. The number of rotatable bonds is 3. The first-order valence-electron chi connectivity index (χ1n) is 4.83. The average Bonchev–Trinajstić information content (AvgIpc) is 2.57. The van der Waals surface area contributed by atoms with Gasteiger partial charge >= 0.3 is 5.97 Å². The number of pyridine rings is 1. The maximum Gasteiger partial charge on any atom is 0.356 e. The number of thioether (sulfide) groups is 1. The molecule has 5 heteroatoms. The van der Waals surface area contributed by atoms with Gasteiger partial charge in [-0.1, -0.05) is 0 Å². The van der Waals surface area contributed by atoms with Crippen LogP contribution in [0.25, 0.3) is 5.52 Å². The Morgan fingerprint density at radius 3 is 3.00 bits per heavy atom. The van der Waals surface area contributed by atoms with E-state index in [2.05, 4.69) is 4.98 Å². The molecule has 0 aliphatic rings. The zero-order valence-corrected chi connectivity index (χ0v) is 9.91. The number of imidazole rings is 1. The first kappa shape index (κ1) is 11.0. The van der Waals surface area contributed by atoms with Crippen molar-refractivity contribution >= 4 is 23.2 Å². The summed E-state index contributed by atoms with van der Waals surface area (Å²) in [5.41, 5.74) is 1.83. The van der Waals surface area contributed by atoms with Crippen molar-refractivity contribution in [2.24, 2.45) is 0 Å². The van der Waals surface area contributed by atoms with Gasteiger partial charge in [0, 0.05) is 6.20 Å². The van der Waals surface area contributed by atoms with Gasteiger partial charge in [0.2, 0.25) is 0 Å². The lowest BCUT2D eigenvalue weighted by Crippen LogP contribution is -1.97. The van der Waals surface area contributed by atoms with E-state index in [0.29, 0.717) is 11.3 Å². The first-order chi connectivity index (χ1) is 7.63. The molecule has 0 spiro atoms. The van der Waals surface area contributed by atoms with Gasteiger partial charge in [-0.3, -0.25) is 0 Å². The van der Waals surface area contributed by atoms with Gasteiger partial charge in [0.25, 0.3) is 0 Å². The second-order valence-corrected chi connectivity index (χ2v) is 4.44. The maximum atomic E-state index is 11.1. The number of hydrogen-bond donors (Lipinski definition) is 1.